The summed E-state index contributed by atoms with van der Waals surface area (Å²) in [6, 6.07) is 16.4. The summed E-state index contributed by atoms with van der Waals surface area (Å²) < 4.78 is 0.975. The smallest absolute Gasteiger partial charge is 0.284 e. The number of rotatable bonds is 2. The first-order chi connectivity index (χ1) is 9.76. The van der Waals surface area contributed by atoms with Gasteiger partial charge >= 0.3 is 0 Å². The summed E-state index contributed by atoms with van der Waals surface area (Å²) in [5, 5.41) is 12.0. The van der Waals surface area contributed by atoms with E-state index in [0.29, 0.717) is 16.3 Å². The molecule has 0 fully saturated rings. The molecule has 5 heteroatoms. The van der Waals surface area contributed by atoms with Crippen LogP contribution in [0.3, 0.4) is 0 Å². The first kappa shape index (κ1) is 12.3. The maximum absolute atomic E-state index is 12.1. The number of hydrogen-bond acceptors (Lipinski definition) is 4. The third-order valence-electron chi connectivity index (χ3n) is 2.74. The van der Waals surface area contributed by atoms with E-state index in [-0.39, 0.29) is 5.91 Å². The van der Waals surface area contributed by atoms with Crippen molar-refractivity contribution in [3.8, 4) is 6.07 Å². The predicted octanol–water partition coefficient (Wildman–Crippen LogP) is 3.42. The third-order valence-corrected chi connectivity index (χ3v) is 3.77. The lowest BCUT2D eigenvalue weighted by Gasteiger charge is -2.02. The van der Waals surface area contributed by atoms with Crippen LogP contribution in [0.2, 0.25) is 0 Å². The van der Waals surface area contributed by atoms with Crippen LogP contribution in [0.1, 0.15) is 15.4 Å². The summed E-state index contributed by atoms with van der Waals surface area (Å²) >= 11 is 1.35. The largest absolute Gasteiger partial charge is 0.320 e. The number of thiazole rings is 1. The molecule has 0 aliphatic carbocycles. The fourth-order valence-electron chi connectivity index (χ4n) is 1.82. The molecule has 0 radical (unpaired) electrons. The van der Waals surface area contributed by atoms with Gasteiger partial charge in [0.25, 0.3) is 5.91 Å². The van der Waals surface area contributed by atoms with Crippen LogP contribution < -0.4 is 5.32 Å². The lowest BCUT2D eigenvalue weighted by atomic mass is 10.2. The van der Waals surface area contributed by atoms with Gasteiger partial charge in [-0.2, -0.15) is 5.26 Å². The number of amides is 1. The van der Waals surface area contributed by atoms with Gasteiger partial charge in [0.15, 0.2) is 5.01 Å². The van der Waals surface area contributed by atoms with Crippen LogP contribution in [0, 0.1) is 11.3 Å². The lowest BCUT2D eigenvalue weighted by molar-refractivity contribution is 0.102. The van der Waals surface area contributed by atoms with Gasteiger partial charge in [-0.1, -0.05) is 18.2 Å². The number of fused-ring (bicyclic) bond motifs is 1. The zero-order valence-electron chi connectivity index (χ0n) is 10.3. The Balaban J connectivity index is 1.87. The molecule has 3 aromatic rings. The molecule has 0 aliphatic heterocycles. The summed E-state index contributed by atoms with van der Waals surface area (Å²) in [6.07, 6.45) is 0. The molecule has 0 aliphatic rings. The minimum absolute atomic E-state index is 0.263. The molecule has 0 unspecified atom stereocenters. The van der Waals surface area contributed by atoms with Crippen molar-refractivity contribution in [2.75, 3.05) is 5.32 Å². The Morgan fingerprint density at radius 3 is 2.85 bits per heavy atom. The number of aromatic nitrogens is 1. The number of nitriles is 1. The second kappa shape index (κ2) is 5.11. The van der Waals surface area contributed by atoms with E-state index in [0.717, 1.165) is 10.2 Å². The highest BCUT2D eigenvalue weighted by Crippen LogP contribution is 2.22. The van der Waals surface area contributed by atoms with E-state index in [4.69, 9.17) is 5.26 Å². The molecule has 1 aromatic heterocycles. The molecule has 2 aromatic carbocycles. The Morgan fingerprint density at radius 1 is 1.20 bits per heavy atom. The van der Waals surface area contributed by atoms with Gasteiger partial charge in [0, 0.05) is 5.69 Å². The van der Waals surface area contributed by atoms with Crippen molar-refractivity contribution >= 4 is 33.1 Å². The summed E-state index contributed by atoms with van der Waals surface area (Å²) in [4.78, 5) is 16.4. The van der Waals surface area contributed by atoms with Crippen LogP contribution in [0.15, 0.2) is 48.5 Å². The molecule has 0 saturated heterocycles. The Kier molecular flexibility index (Phi) is 3.15. The normalized spacial score (nSPS) is 10.2. The van der Waals surface area contributed by atoms with E-state index in [1.54, 1.807) is 24.3 Å². The highest BCUT2D eigenvalue weighted by atomic mass is 32.1. The number of anilines is 1. The second-order valence-electron chi connectivity index (χ2n) is 4.13. The van der Waals surface area contributed by atoms with Crippen molar-refractivity contribution in [1.82, 2.24) is 4.98 Å². The summed E-state index contributed by atoms with van der Waals surface area (Å²) in [5.41, 5.74) is 1.91. The quantitative estimate of drug-likeness (QED) is 0.781. The average molecular weight is 279 g/mol. The monoisotopic (exact) mass is 279 g/mol. The van der Waals surface area contributed by atoms with Gasteiger partial charge in [-0.15, -0.1) is 11.3 Å². The summed E-state index contributed by atoms with van der Waals surface area (Å²) in [7, 11) is 0. The standard InChI is InChI=1S/C15H9N3OS/c16-9-10-4-3-5-11(8-10)17-14(19)15-18-12-6-1-2-7-13(12)20-15/h1-8H,(H,17,19). The number of nitrogens with zero attached hydrogens (tertiary/aromatic N) is 2. The Hall–Kier alpha value is -2.71. The zero-order valence-corrected chi connectivity index (χ0v) is 11.1. The molecule has 96 valence electrons. The Morgan fingerprint density at radius 2 is 2.05 bits per heavy atom. The van der Waals surface area contributed by atoms with E-state index < -0.39 is 0 Å². The molecule has 1 N–H and O–H groups in total. The Bertz CT molecular complexity index is 799. The molecule has 0 saturated carbocycles. The molecule has 20 heavy (non-hydrogen) atoms. The molecule has 0 atom stereocenters. The minimum atomic E-state index is -0.263. The van der Waals surface area contributed by atoms with E-state index in [2.05, 4.69) is 10.3 Å². The van der Waals surface area contributed by atoms with Crippen molar-refractivity contribution in [2.45, 2.75) is 0 Å². The van der Waals surface area contributed by atoms with Crippen LogP contribution in [-0.4, -0.2) is 10.9 Å². The van der Waals surface area contributed by atoms with Crippen molar-refractivity contribution in [2.24, 2.45) is 0 Å². The molecule has 1 heterocycles. The first-order valence-corrected chi connectivity index (χ1v) is 6.75. The first-order valence-electron chi connectivity index (χ1n) is 5.93. The van der Waals surface area contributed by atoms with Gasteiger partial charge in [-0.3, -0.25) is 4.79 Å². The van der Waals surface area contributed by atoms with Crippen molar-refractivity contribution in [3.05, 3.63) is 59.1 Å². The topological polar surface area (TPSA) is 65.8 Å². The van der Waals surface area contributed by atoms with Gasteiger partial charge in [0.1, 0.15) is 0 Å². The van der Waals surface area contributed by atoms with E-state index in [9.17, 15) is 4.79 Å². The maximum Gasteiger partial charge on any atom is 0.284 e. The van der Waals surface area contributed by atoms with Gasteiger partial charge < -0.3 is 5.32 Å². The van der Waals surface area contributed by atoms with E-state index >= 15 is 0 Å². The van der Waals surface area contributed by atoms with Crippen LogP contribution in [0.4, 0.5) is 5.69 Å². The number of carbonyl (C=O) groups is 1. The molecule has 1 amide bonds. The number of nitrogens with one attached hydrogen (secondary N) is 1. The predicted molar refractivity (Wildman–Crippen MR) is 78.7 cm³/mol. The summed E-state index contributed by atoms with van der Waals surface area (Å²) in [6.45, 7) is 0. The van der Waals surface area contributed by atoms with Crippen LogP contribution in [0.5, 0.6) is 0 Å². The molecule has 3 rings (SSSR count). The average Bonchev–Trinajstić information content (AvgIpc) is 2.91. The van der Waals surface area contributed by atoms with Gasteiger partial charge in [0.2, 0.25) is 0 Å². The van der Waals surface area contributed by atoms with Crippen LogP contribution >= 0.6 is 11.3 Å². The highest BCUT2D eigenvalue weighted by Gasteiger charge is 2.12. The number of benzene rings is 2. The van der Waals surface area contributed by atoms with E-state index in [1.165, 1.54) is 11.3 Å². The lowest BCUT2D eigenvalue weighted by Crippen LogP contribution is -2.11. The zero-order chi connectivity index (χ0) is 13.9. The second-order valence-corrected chi connectivity index (χ2v) is 5.16. The summed E-state index contributed by atoms with van der Waals surface area (Å²) in [5.74, 6) is -0.263. The maximum atomic E-state index is 12.1. The minimum Gasteiger partial charge on any atom is -0.320 e. The molecule has 4 nitrogen and oxygen atoms in total. The van der Waals surface area contributed by atoms with E-state index in [1.807, 2.05) is 30.3 Å². The SMILES string of the molecule is N#Cc1cccc(NC(=O)c2nc3ccccc3s2)c1. The van der Waals surface area contributed by atoms with Crippen molar-refractivity contribution < 1.29 is 4.79 Å². The molecule has 0 bridgehead atoms. The van der Waals surface area contributed by atoms with Crippen molar-refractivity contribution in [1.29, 1.82) is 5.26 Å². The van der Waals surface area contributed by atoms with Crippen LogP contribution in [-0.2, 0) is 0 Å². The number of carbonyl (C=O) groups excluding carboxylic acids is 1. The van der Waals surface area contributed by atoms with Gasteiger partial charge in [-0.25, -0.2) is 4.98 Å². The van der Waals surface area contributed by atoms with Crippen LogP contribution in [0.25, 0.3) is 10.2 Å². The highest BCUT2D eigenvalue weighted by molar-refractivity contribution is 7.20. The van der Waals surface area contributed by atoms with Crippen molar-refractivity contribution in [3.63, 3.8) is 0 Å². The fraction of sp³-hybridized carbons (Fsp3) is 0. The molecular formula is C15H9N3OS. The molecular weight excluding hydrogens is 270 g/mol. The number of para-hydroxylation sites is 1. The van der Waals surface area contributed by atoms with Gasteiger partial charge in [0.05, 0.1) is 21.8 Å². The third kappa shape index (κ3) is 2.37. The van der Waals surface area contributed by atoms with Gasteiger partial charge in [-0.05, 0) is 30.3 Å². The Labute approximate surface area is 119 Å². The number of hydrogen-bond donors (Lipinski definition) is 1. The molecule has 0 spiro atoms. The fourth-order valence-corrected chi connectivity index (χ4v) is 2.68.